The van der Waals surface area contributed by atoms with Gasteiger partial charge in [0.15, 0.2) is 0 Å². The Morgan fingerprint density at radius 1 is 1.19 bits per heavy atom. The number of carbonyl (C=O) groups excluding carboxylic acids is 1. The van der Waals surface area contributed by atoms with Gasteiger partial charge in [-0.2, -0.15) is 0 Å². The number of halogens is 1. The maximum absolute atomic E-state index is 12.0. The molecule has 0 aromatic heterocycles. The van der Waals surface area contributed by atoms with Crippen molar-refractivity contribution in [1.29, 1.82) is 0 Å². The number of rotatable bonds is 5. The van der Waals surface area contributed by atoms with Crippen LogP contribution in [0, 0.1) is 10.1 Å². The molecule has 0 aliphatic heterocycles. The maximum Gasteiger partial charge on any atom is 0.282 e. The SMILES string of the molecule is O=C(NCCc1cccc(Cl)c1)c1ccccc1[N+](=O)[O-]. The normalized spacial score (nSPS) is 10.1. The number of amides is 1. The van der Waals surface area contributed by atoms with E-state index in [1.807, 2.05) is 18.2 Å². The molecule has 0 radical (unpaired) electrons. The van der Waals surface area contributed by atoms with Gasteiger partial charge in [-0.1, -0.05) is 35.9 Å². The fourth-order valence-corrected chi connectivity index (χ4v) is 2.15. The summed E-state index contributed by atoms with van der Waals surface area (Å²) in [4.78, 5) is 22.3. The van der Waals surface area contributed by atoms with E-state index < -0.39 is 10.8 Å². The van der Waals surface area contributed by atoms with Gasteiger partial charge < -0.3 is 5.32 Å². The summed E-state index contributed by atoms with van der Waals surface area (Å²) in [5.41, 5.74) is 0.858. The molecule has 0 saturated heterocycles. The second-order valence-corrected chi connectivity index (χ2v) is 4.85. The third-order valence-electron chi connectivity index (χ3n) is 2.93. The van der Waals surface area contributed by atoms with Crippen molar-refractivity contribution in [2.45, 2.75) is 6.42 Å². The van der Waals surface area contributed by atoms with Gasteiger partial charge in [-0.05, 0) is 30.2 Å². The van der Waals surface area contributed by atoms with Crippen LogP contribution in [0.15, 0.2) is 48.5 Å². The standard InChI is InChI=1S/C15H13ClN2O3/c16-12-5-3-4-11(10-12)8-9-17-15(19)13-6-1-2-7-14(13)18(20)21/h1-7,10H,8-9H2,(H,17,19). The van der Waals surface area contributed by atoms with Crippen molar-refractivity contribution in [3.05, 3.63) is 74.8 Å². The molecule has 0 aliphatic carbocycles. The van der Waals surface area contributed by atoms with Crippen molar-refractivity contribution < 1.29 is 9.72 Å². The van der Waals surface area contributed by atoms with Crippen LogP contribution >= 0.6 is 11.6 Å². The van der Waals surface area contributed by atoms with Gasteiger partial charge in [-0.3, -0.25) is 14.9 Å². The average molecular weight is 305 g/mol. The fourth-order valence-electron chi connectivity index (χ4n) is 1.93. The second-order valence-electron chi connectivity index (χ2n) is 4.41. The van der Waals surface area contributed by atoms with Crippen LogP contribution < -0.4 is 5.32 Å². The topological polar surface area (TPSA) is 72.2 Å². The number of nitrogens with one attached hydrogen (secondary N) is 1. The van der Waals surface area contributed by atoms with Crippen LogP contribution in [0.3, 0.4) is 0 Å². The summed E-state index contributed by atoms with van der Waals surface area (Å²) in [5, 5.41) is 14.2. The lowest BCUT2D eigenvalue weighted by Crippen LogP contribution is -2.26. The van der Waals surface area contributed by atoms with Crippen LogP contribution in [-0.4, -0.2) is 17.4 Å². The molecule has 6 heteroatoms. The van der Waals surface area contributed by atoms with Crippen molar-refractivity contribution >= 4 is 23.2 Å². The number of hydrogen-bond donors (Lipinski definition) is 1. The Morgan fingerprint density at radius 3 is 2.67 bits per heavy atom. The Hall–Kier alpha value is -2.40. The van der Waals surface area contributed by atoms with Crippen LogP contribution in [0.4, 0.5) is 5.69 Å². The lowest BCUT2D eigenvalue weighted by molar-refractivity contribution is -0.385. The number of nitro groups is 1. The van der Waals surface area contributed by atoms with Crippen molar-refractivity contribution in [1.82, 2.24) is 5.32 Å². The summed E-state index contributed by atoms with van der Waals surface area (Å²) in [6.07, 6.45) is 0.604. The minimum atomic E-state index is -0.564. The molecule has 108 valence electrons. The molecule has 0 atom stereocenters. The fraction of sp³-hybridized carbons (Fsp3) is 0.133. The third-order valence-corrected chi connectivity index (χ3v) is 3.17. The second kappa shape index (κ2) is 6.85. The van der Waals surface area contributed by atoms with Crippen molar-refractivity contribution in [2.75, 3.05) is 6.54 Å². The molecule has 2 aromatic rings. The Kier molecular flexibility index (Phi) is 4.90. The van der Waals surface area contributed by atoms with E-state index in [0.29, 0.717) is 18.0 Å². The quantitative estimate of drug-likeness (QED) is 0.681. The third kappa shape index (κ3) is 4.03. The van der Waals surface area contributed by atoms with Crippen molar-refractivity contribution in [3.63, 3.8) is 0 Å². The Labute approximate surface area is 126 Å². The summed E-state index contributed by atoms with van der Waals surface area (Å²) in [7, 11) is 0. The maximum atomic E-state index is 12.0. The van der Waals surface area contributed by atoms with Gasteiger partial charge in [0, 0.05) is 17.6 Å². The predicted octanol–water partition coefficient (Wildman–Crippen LogP) is 3.22. The zero-order valence-electron chi connectivity index (χ0n) is 11.1. The van der Waals surface area contributed by atoms with Gasteiger partial charge in [0.2, 0.25) is 0 Å². The number of hydrogen-bond acceptors (Lipinski definition) is 3. The first-order valence-corrected chi connectivity index (χ1v) is 6.72. The number of benzene rings is 2. The molecule has 5 nitrogen and oxygen atoms in total. The van der Waals surface area contributed by atoms with Gasteiger partial charge in [0.05, 0.1) is 4.92 Å². The van der Waals surface area contributed by atoms with Gasteiger partial charge >= 0.3 is 0 Å². The minimum Gasteiger partial charge on any atom is -0.351 e. The summed E-state index contributed by atoms with van der Waals surface area (Å²) >= 11 is 5.88. The summed E-state index contributed by atoms with van der Waals surface area (Å²) in [5.74, 6) is -0.454. The summed E-state index contributed by atoms with van der Waals surface area (Å²) in [6, 6.07) is 13.2. The molecule has 0 fully saturated rings. The largest absolute Gasteiger partial charge is 0.351 e. The molecular formula is C15H13ClN2O3. The van der Waals surface area contributed by atoms with E-state index in [2.05, 4.69) is 5.32 Å². The Morgan fingerprint density at radius 2 is 1.95 bits per heavy atom. The molecule has 0 heterocycles. The van der Waals surface area contributed by atoms with E-state index in [9.17, 15) is 14.9 Å². The molecule has 21 heavy (non-hydrogen) atoms. The molecule has 1 amide bonds. The summed E-state index contributed by atoms with van der Waals surface area (Å²) < 4.78 is 0. The first kappa shape index (κ1) is 15.0. The van der Waals surface area contributed by atoms with Crippen LogP contribution in [0.2, 0.25) is 5.02 Å². The Balaban J connectivity index is 1.98. The van der Waals surface area contributed by atoms with E-state index in [4.69, 9.17) is 11.6 Å². The molecular weight excluding hydrogens is 292 g/mol. The van der Waals surface area contributed by atoms with Crippen LogP contribution in [0.5, 0.6) is 0 Å². The van der Waals surface area contributed by atoms with Gasteiger partial charge in [0.1, 0.15) is 5.56 Å². The van der Waals surface area contributed by atoms with Gasteiger partial charge in [-0.15, -0.1) is 0 Å². The van der Waals surface area contributed by atoms with Crippen molar-refractivity contribution in [2.24, 2.45) is 0 Å². The van der Waals surface area contributed by atoms with E-state index >= 15 is 0 Å². The molecule has 2 rings (SSSR count). The van der Waals surface area contributed by atoms with Crippen LogP contribution in [-0.2, 0) is 6.42 Å². The smallest absolute Gasteiger partial charge is 0.282 e. The minimum absolute atomic E-state index is 0.0635. The number of nitrogens with zero attached hydrogens (tertiary/aromatic N) is 1. The van der Waals surface area contributed by atoms with Gasteiger partial charge in [-0.25, -0.2) is 0 Å². The summed E-state index contributed by atoms with van der Waals surface area (Å²) in [6.45, 7) is 0.380. The predicted molar refractivity (Wildman–Crippen MR) is 80.6 cm³/mol. The zero-order chi connectivity index (χ0) is 15.2. The Bertz CT molecular complexity index is 673. The molecule has 0 bridgehead atoms. The number of carbonyl (C=O) groups is 1. The monoisotopic (exact) mass is 304 g/mol. The van der Waals surface area contributed by atoms with Crippen molar-refractivity contribution in [3.8, 4) is 0 Å². The zero-order valence-corrected chi connectivity index (χ0v) is 11.8. The molecule has 0 saturated carbocycles. The van der Waals surface area contributed by atoms with Crippen LogP contribution in [0.1, 0.15) is 15.9 Å². The van der Waals surface area contributed by atoms with E-state index in [1.54, 1.807) is 12.1 Å². The molecule has 0 aliphatic rings. The molecule has 0 unspecified atom stereocenters. The molecule has 2 aromatic carbocycles. The lowest BCUT2D eigenvalue weighted by Gasteiger charge is -2.06. The lowest BCUT2D eigenvalue weighted by atomic mass is 10.1. The number of nitro benzene ring substituents is 1. The highest BCUT2D eigenvalue weighted by molar-refractivity contribution is 6.30. The number of para-hydroxylation sites is 1. The first-order valence-electron chi connectivity index (χ1n) is 6.34. The van der Waals surface area contributed by atoms with E-state index in [-0.39, 0.29) is 11.3 Å². The van der Waals surface area contributed by atoms with E-state index in [0.717, 1.165) is 5.56 Å². The first-order chi connectivity index (χ1) is 10.1. The van der Waals surface area contributed by atoms with E-state index in [1.165, 1.54) is 18.2 Å². The van der Waals surface area contributed by atoms with Gasteiger partial charge in [0.25, 0.3) is 11.6 Å². The highest BCUT2D eigenvalue weighted by Crippen LogP contribution is 2.17. The molecule has 1 N–H and O–H groups in total. The molecule has 0 spiro atoms. The highest BCUT2D eigenvalue weighted by Gasteiger charge is 2.18. The van der Waals surface area contributed by atoms with Crippen LogP contribution in [0.25, 0.3) is 0 Å². The highest BCUT2D eigenvalue weighted by atomic mass is 35.5. The average Bonchev–Trinajstić information content (AvgIpc) is 2.47.